The number of nitrogens with one attached hydrogen (secondary N) is 2. The Bertz CT molecular complexity index is 721. The predicted octanol–water partition coefficient (Wildman–Crippen LogP) is 0.916. The SMILES string of the molecule is CN(C)C1=NC2(CCN(C(=O)NCCCc3ccc(O)cc3)CC2)C(=O)N1. The van der Waals surface area contributed by atoms with Gasteiger partial charge in [-0.1, -0.05) is 12.1 Å². The third-order valence-corrected chi connectivity index (χ3v) is 5.12. The Labute approximate surface area is 159 Å². The molecule has 0 atom stereocenters. The van der Waals surface area contributed by atoms with E-state index in [2.05, 4.69) is 15.6 Å². The maximum absolute atomic E-state index is 12.3. The number of aromatic hydroxyl groups is 1. The van der Waals surface area contributed by atoms with E-state index < -0.39 is 5.54 Å². The Kier molecular flexibility index (Phi) is 5.53. The second kappa shape index (κ2) is 7.85. The van der Waals surface area contributed by atoms with Crippen LogP contribution in [0.4, 0.5) is 4.79 Å². The zero-order chi connectivity index (χ0) is 19.4. The number of benzene rings is 1. The van der Waals surface area contributed by atoms with Crippen molar-refractivity contribution in [1.29, 1.82) is 0 Å². The van der Waals surface area contributed by atoms with Crippen molar-refractivity contribution in [2.24, 2.45) is 4.99 Å². The molecule has 1 aromatic carbocycles. The molecule has 0 aromatic heterocycles. The number of urea groups is 1. The minimum Gasteiger partial charge on any atom is -0.508 e. The van der Waals surface area contributed by atoms with Crippen molar-refractivity contribution in [3.63, 3.8) is 0 Å². The number of guanidine groups is 1. The van der Waals surface area contributed by atoms with Crippen LogP contribution in [-0.4, -0.2) is 72.1 Å². The van der Waals surface area contributed by atoms with E-state index in [4.69, 9.17) is 0 Å². The molecule has 8 heteroatoms. The van der Waals surface area contributed by atoms with Crippen LogP contribution in [-0.2, 0) is 11.2 Å². The van der Waals surface area contributed by atoms with E-state index >= 15 is 0 Å². The number of hydrogen-bond donors (Lipinski definition) is 3. The first-order chi connectivity index (χ1) is 12.9. The van der Waals surface area contributed by atoms with E-state index in [1.807, 2.05) is 26.2 Å². The van der Waals surface area contributed by atoms with E-state index in [0.717, 1.165) is 18.4 Å². The van der Waals surface area contributed by atoms with Crippen LogP contribution < -0.4 is 10.6 Å². The molecule has 0 aliphatic carbocycles. The van der Waals surface area contributed by atoms with Crippen LogP contribution in [0.3, 0.4) is 0 Å². The lowest BCUT2D eigenvalue weighted by molar-refractivity contribution is -0.125. The van der Waals surface area contributed by atoms with Gasteiger partial charge >= 0.3 is 6.03 Å². The molecule has 0 bridgehead atoms. The summed E-state index contributed by atoms with van der Waals surface area (Å²) >= 11 is 0. The zero-order valence-corrected chi connectivity index (χ0v) is 15.9. The molecule has 1 saturated heterocycles. The van der Waals surface area contributed by atoms with Crippen LogP contribution in [0.15, 0.2) is 29.3 Å². The molecular formula is C19H27N5O3. The molecule has 3 rings (SSSR count). The van der Waals surface area contributed by atoms with Crippen LogP contribution >= 0.6 is 0 Å². The first kappa shape index (κ1) is 19.0. The van der Waals surface area contributed by atoms with Gasteiger partial charge in [-0.2, -0.15) is 0 Å². The third kappa shape index (κ3) is 4.32. The Balaban J connectivity index is 1.42. The van der Waals surface area contributed by atoms with E-state index in [0.29, 0.717) is 38.4 Å². The minimum absolute atomic E-state index is 0.0693. The number of carbonyl (C=O) groups is 2. The van der Waals surface area contributed by atoms with Crippen molar-refractivity contribution >= 4 is 17.9 Å². The van der Waals surface area contributed by atoms with Crippen molar-refractivity contribution < 1.29 is 14.7 Å². The number of aliphatic imine (C=N–C) groups is 1. The van der Waals surface area contributed by atoms with E-state index in [9.17, 15) is 14.7 Å². The highest BCUT2D eigenvalue weighted by atomic mass is 16.3. The summed E-state index contributed by atoms with van der Waals surface area (Å²) in [5.74, 6) is 0.778. The summed E-state index contributed by atoms with van der Waals surface area (Å²) < 4.78 is 0. The predicted molar refractivity (Wildman–Crippen MR) is 103 cm³/mol. The summed E-state index contributed by atoms with van der Waals surface area (Å²) in [5.41, 5.74) is 0.402. The summed E-state index contributed by atoms with van der Waals surface area (Å²) in [6, 6.07) is 7.01. The lowest BCUT2D eigenvalue weighted by Gasteiger charge is -2.35. The highest BCUT2D eigenvalue weighted by Gasteiger charge is 2.46. The third-order valence-electron chi connectivity index (χ3n) is 5.12. The number of piperidine rings is 1. The van der Waals surface area contributed by atoms with Gasteiger partial charge < -0.3 is 20.2 Å². The number of amides is 3. The summed E-state index contributed by atoms with van der Waals surface area (Å²) in [5, 5.41) is 15.0. The number of rotatable bonds is 4. The standard InChI is InChI=1S/C19H27N5O3/c1-23(2)17-21-16(26)19(22-17)9-12-24(13-10-19)18(27)20-11-3-4-14-5-7-15(25)8-6-14/h5-8,25H,3-4,9-13H2,1-2H3,(H,20,27)(H,21,22,26). The molecule has 1 fully saturated rings. The molecule has 0 saturated carbocycles. The van der Waals surface area contributed by atoms with Gasteiger partial charge in [0.15, 0.2) is 0 Å². The minimum atomic E-state index is -0.727. The van der Waals surface area contributed by atoms with Crippen molar-refractivity contribution in [2.75, 3.05) is 33.7 Å². The molecule has 8 nitrogen and oxygen atoms in total. The molecule has 27 heavy (non-hydrogen) atoms. The average Bonchev–Trinajstić information content (AvgIpc) is 2.97. The fraction of sp³-hybridized carbons (Fsp3) is 0.526. The van der Waals surface area contributed by atoms with E-state index in [1.54, 1.807) is 21.9 Å². The highest BCUT2D eigenvalue weighted by Crippen LogP contribution is 2.30. The van der Waals surface area contributed by atoms with Gasteiger partial charge in [-0.15, -0.1) is 0 Å². The first-order valence-corrected chi connectivity index (χ1v) is 9.29. The molecular weight excluding hydrogens is 346 g/mol. The van der Waals surface area contributed by atoms with Gasteiger partial charge in [-0.25, -0.2) is 9.79 Å². The van der Waals surface area contributed by atoms with Gasteiger partial charge in [0.25, 0.3) is 5.91 Å². The number of nitrogens with zero attached hydrogens (tertiary/aromatic N) is 3. The van der Waals surface area contributed by atoms with Crippen molar-refractivity contribution in [1.82, 2.24) is 20.4 Å². The van der Waals surface area contributed by atoms with Gasteiger partial charge in [-0.05, 0) is 43.4 Å². The molecule has 3 N–H and O–H groups in total. The van der Waals surface area contributed by atoms with E-state index in [-0.39, 0.29) is 17.7 Å². The number of carbonyl (C=O) groups excluding carboxylic acids is 2. The van der Waals surface area contributed by atoms with Gasteiger partial charge in [0.1, 0.15) is 11.3 Å². The number of phenols is 1. The lowest BCUT2D eigenvalue weighted by Crippen LogP contribution is -2.52. The number of hydrogen-bond acceptors (Lipinski definition) is 5. The fourth-order valence-electron chi connectivity index (χ4n) is 3.39. The normalized spacial score (nSPS) is 18.2. The van der Waals surface area contributed by atoms with Crippen LogP contribution in [0.5, 0.6) is 5.75 Å². The second-order valence-electron chi connectivity index (χ2n) is 7.30. The van der Waals surface area contributed by atoms with Crippen molar-refractivity contribution in [3.8, 4) is 5.75 Å². The number of phenolic OH excluding ortho intramolecular Hbond substituents is 1. The largest absolute Gasteiger partial charge is 0.508 e. The molecule has 1 spiro atoms. The Morgan fingerprint density at radius 3 is 2.56 bits per heavy atom. The maximum Gasteiger partial charge on any atom is 0.317 e. The molecule has 0 radical (unpaired) electrons. The fourth-order valence-corrected chi connectivity index (χ4v) is 3.39. The van der Waals surface area contributed by atoms with Crippen LogP contribution in [0, 0.1) is 0 Å². The zero-order valence-electron chi connectivity index (χ0n) is 15.9. The summed E-state index contributed by atoms with van der Waals surface area (Å²) in [6.45, 7) is 1.62. The second-order valence-corrected chi connectivity index (χ2v) is 7.30. The highest BCUT2D eigenvalue weighted by molar-refractivity contribution is 6.07. The van der Waals surface area contributed by atoms with Crippen LogP contribution in [0.1, 0.15) is 24.8 Å². The molecule has 2 aliphatic rings. The quantitative estimate of drug-likeness (QED) is 0.684. The molecule has 146 valence electrons. The monoisotopic (exact) mass is 373 g/mol. The van der Waals surface area contributed by atoms with Gasteiger partial charge in [0.05, 0.1) is 0 Å². The van der Waals surface area contributed by atoms with Gasteiger partial charge in [0, 0.05) is 33.7 Å². The smallest absolute Gasteiger partial charge is 0.317 e. The average molecular weight is 373 g/mol. The molecule has 1 aromatic rings. The number of likely N-dealkylation sites (tertiary alicyclic amines) is 1. The Morgan fingerprint density at radius 2 is 1.96 bits per heavy atom. The number of aryl methyl sites for hydroxylation is 1. The summed E-state index contributed by atoms with van der Waals surface area (Å²) in [4.78, 5) is 32.8. The summed E-state index contributed by atoms with van der Waals surface area (Å²) in [7, 11) is 3.69. The molecule has 0 unspecified atom stereocenters. The Morgan fingerprint density at radius 1 is 1.30 bits per heavy atom. The van der Waals surface area contributed by atoms with E-state index in [1.165, 1.54) is 0 Å². The van der Waals surface area contributed by atoms with Crippen molar-refractivity contribution in [2.45, 2.75) is 31.2 Å². The first-order valence-electron chi connectivity index (χ1n) is 9.29. The van der Waals surface area contributed by atoms with Crippen LogP contribution in [0.25, 0.3) is 0 Å². The maximum atomic E-state index is 12.3. The molecule has 3 amide bonds. The van der Waals surface area contributed by atoms with Gasteiger partial charge in [0.2, 0.25) is 5.96 Å². The summed E-state index contributed by atoms with van der Waals surface area (Å²) in [6.07, 6.45) is 2.74. The molecule has 2 heterocycles. The Hall–Kier alpha value is -2.77. The topological polar surface area (TPSA) is 97.3 Å². The molecule has 2 aliphatic heterocycles. The van der Waals surface area contributed by atoms with Gasteiger partial charge in [-0.3, -0.25) is 10.1 Å². The van der Waals surface area contributed by atoms with Crippen molar-refractivity contribution in [3.05, 3.63) is 29.8 Å². The van der Waals surface area contributed by atoms with Crippen LogP contribution in [0.2, 0.25) is 0 Å². The lowest BCUT2D eigenvalue weighted by atomic mass is 9.88.